The molecule has 0 saturated heterocycles. The molecule has 116 valence electrons. The van der Waals surface area contributed by atoms with E-state index in [9.17, 15) is 22.8 Å². The van der Waals surface area contributed by atoms with Crippen molar-refractivity contribution < 1.29 is 27.5 Å². The predicted molar refractivity (Wildman–Crippen MR) is 67.2 cm³/mol. The molecule has 0 heterocycles. The summed E-state index contributed by atoms with van der Waals surface area (Å²) in [7, 11) is 1.50. The fourth-order valence-electron chi connectivity index (χ4n) is 1.63. The molecule has 0 aliphatic rings. The van der Waals surface area contributed by atoms with Crippen molar-refractivity contribution >= 4 is 11.9 Å². The van der Waals surface area contributed by atoms with E-state index in [0.717, 1.165) is 0 Å². The van der Waals surface area contributed by atoms with E-state index in [1.54, 1.807) is 6.07 Å². The van der Waals surface area contributed by atoms with E-state index in [0.29, 0.717) is 0 Å². The minimum absolute atomic E-state index is 0.0262. The van der Waals surface area contributed by atoms with Crippen molar-refractivity contribution in [3.8, 4) is 5.75 Å². The Labute approximate surface area is 118 Å². The number of para-hydroxylation sites is 1. The number of nitrogens with zero attached hydrogens (tertiary/aromatic N) is 1. The Bertz CT molecular complexity index is 520. The molecule has 0 aliphatic heterocycles. The van der Waals surface area contributed by atoms with Crippen LogP contribution in [0.2, 0.25) is 0 Å². The Morgan fingerprint density at radius 3 is 2.52 bits per heavy atom. The number of ether oxygens (including phenoxy) is 1. The molecule has 0 saturated carbocycles. The van der Waals surface area contributed by atoms with Crippen LogP contribution in [-0.4, -0.2) is 36.8 Å². The number of hydrogen-bond acceptors (Lipinski definition) is 4. The fraction of sp³-hybridized carbons (Fsp3) is 0.333. The van der Waals surface area contributed by atoms with Crippen LogP contribution in [0.5, 0.6) is 5.75 Å². The van der Waals surface area contributed by atoms with Gasteiger partial charge < -0.3 is 10.5 Å². The summed E-state index contributed by atoms with van der Waals surface area (Å²) in [4.78, 5) is 23.2. The first-order valence-corrected chi connectivity index (χ1v) is 5.79. The molecule has 3 N–H and O–H groups in total. The molecular weight excluding hydrogens is 291 g/mol. The number of likely N-dealkylation sites (N-methyl/N-ethyl adjacent to an activating group) is 1. The van der Waals surface area contributed by atoms with E-state index in [-0.39, 0.29) is 24.4 Å². The summed E-state index contributed by atoms with van der Waals surface area (Å²) in [6.07, 6.45) is -4.79. The first-order chi connectivity index (χ1) is 9.67. The molecule has 6 nitrogen and oxygen atoms in total. The zero-order valence-corrected chi connectivity index (χ0v) is 11.1. The highest BCUT2D eigenvalue weighted by Gasteiger charge is 2.32. The third-order valence-electron chi connectivity index (χ3n) is 2.31. The van der Waals surface area contributed by atoms with Gasteiger partial charge in [-0.15, -0.1) is 13.2 Å². The first kappa shape index (κ1) is 16.8. The van der Waals surface area contributed by atoms with Gasteiger partial charge in [0.05, 0.1) is 6.54 Å². The van der Waals surface area contributed by atoms with Crippen LogP contribution in [-0.2, 0) is 11.3 Å². The van der Waals surface area contributed by atoms with Crippen molar-refractivity contribution in [1.29, 1.82) is 0 Å². The average Bonchev–Trinajstić information content (AvgIpc) is 2.28. The summed E-state index contributed by atoms with van der Waals surface area (Å²) >= 11 is 0. The van der Waals surface area contributed by atoms with Gasteiger partial charge in [-0.25, -0.2) is 4.79 Å². The highest BCUT2D eigenvalue weighted by Crippen LogP contribution is 2.26. The second-order valence-corrected chi connectivity index (χ2v) is 4.24. The van der Waals surface area contributed by atoms with Crippen LogP contribution in [0.15, 0.2) is 24.3 Å². The Morgan fingerprint density at radius 2 is 1.95 bits per heavy atom. The summed E-state index contributed by atoms with van der Waals surface area (Å²) in [6.45, 7) is -0.179. The van der Waals surface area contributed by atoms with Crippen molar-refractivity contribution in [2.75, 3.05) is 13.6 Å². The maximum Gasteiger partial charge on any atom is 0.573 e. The van der Waals surface area contributed by atoms with Gasteiger partial charge in [-0.05, 0) is 13.1 Å². The molecule has 0 unspecified atom stereocenters. The highest BCUT2D eigenvalue weighted by atomic mass is 19.4. The lowest BCUT2D eigenvalue weighted by Crippen LogP contribution is -2.41. The zero-order chi connectivity index (χ0) is 16.0. The van der Waals surface area contributed by atoms with Crippen LogP contribution in [0.4, 0.5) is 18.0 Å². The largest absolute Gasteiger partial charge is 0.573 e. The molecule has 0 spiro atoms. The van der Waals surface area contributed by atoms with Crippen molar-refractivity contribution in [3.05, 3.63) is 29.8 Å². The molecule has 0 radical (unpaired) electrons. The van der Waals surface area contributed by atoms with Gasteiger partial charge >= 0.3 is 12.4 Å². The zero-order valence-electron chi connectivity index (χ0n) is 11.1. The molecule has 0 atom stereocenters. The number of rotatable bonds is 5. The van der Waals surface area contributed by atoms with E-state index >= 15 is 0 Å². The monoisotopic (exact) mass is 305 g/mol. The van der Waals surface area contributed by atoms with Crippen molar-refractivity contribution in [2.45, 2.75) is 12.9 Å². The standard InChI is InChI=1S/C12H14F3N3O3/c1-18(7-10(19)17-11(16)20)6-8-4-2-3-5-9(8)21-12(13,14)15/h2-5H,6-7H2,1H3,(H3,16,17,19,20). The molecule has 0 fully saturated rings. The van der Waals surface area contributed by atoms with Crippen LogP contribution in [0.1, 0.15) is 5.56 Å². The van der Waals surface area contributed by atoms with E-state index in [2.05, 4.69) is 4.74 Å². The number of alkyl halides is 3. The normalized spacial score (nSPS) is 11.3. The molecule has 9 heteroatoms. The lowest BCUT2D eigenvalue weighted by atomic mass is 10.2. The Kier molecular flexibility index (Phi) is 5.53. The van der Waals surface area contributed by atoms with Crippen LogP contribution in [0.25, 0.3) is 0 Å². The van der Waals surface area contributed by atoms with E-state index < -0.39 is 18.3 Å². The maximum atomic E-state index is 12.3. The summed E-state index contributed by atoms with van der Waals surface area (Å²) in [5.41, 5.74) is 5.03. The molecule has 1 aromatic carbocycles. The SMILES string of the molecule is CN(CC(=O)NC(N)=O)Cc1ccccc1OC(F)(F)F. The van der Waals surface area contributed by atoms with Crippen LogP contribution in [0.3, 0.4) is 0 Å². The fourth-order valence-corrected chi connectivity index (χ4v) is 1.63. The highest BCUT2D eigenvalue weighted by molar-refractivity contribution is 5.94. The predicted octanol–water partition coefficient (Wildman–Crippen LogP) is 1.21. The molecule has 1 aromatic rings. The van der Waals surface area contributed by atoms with E-state index in [1.165, 1.54) is 30.1 Å². The molecule has 0 aliphatic carbocycles. The van der Waals surface area contributed by atoms with Gasteiger partial charge in [0, 0.05) is 12.1 Å². The number of amides is 3. The van der Waals surface area contributed by atoms with Crippen molar-refractivity contribution in [3.63, 3.8) is 0 Å². The second kappa shape index (κ2) is 6.93. The number of urea groups is 1. The number of halogens is 3. The van der Waals surface area contributed by atoms with Gasteiger partial charge in [-0.1, -0.05) is 18.2 Å². The molecular formula is C12H14F3N3O3. The minimum Gasteiger partial charge on any atom is -0.405 e. The summed E-state index contributed by atoms with van der Waals surface area (Å²) in [5, 5.41) is 1.86. The van der Waals surface area contributed by atoms with Gasteiger partial charge in [-0.2, -0.15) is 0 Å². The summed E-state index contributed by atoms with van der Waals surface area (Å²) in [5.74, 6) is -0.994. The van der Waals surface area contributed by atoms with Gasteiger partial charge in [0.25, 0.3) is 0 Å². The molecule has 0 bridgehead atoms. The van der Waals surface area contributed by atoms with Gasteiger partial charge in [0.15, 0.2) is 0 Å². The number of nitrogens with one attached hydrogen (secondary N) is 1. The van der Waals surface area contributed by atoms with Crippen LogP contribution < -0.4 is 15.8 Å². The van der Waals surface area contributed by atoms with Crippen molar-refractivity contribution in [1.82, 2.24) is 10.2 Å². The third-order valence-corrected chi connectivity index (χ3v) is 2.31. The van der Waals surface area contributed by atoms with E-state index in [1.807, 2.05) is 5.32 Å². The number of hydrogen-bond donors (Lipinski definition) is 2. The number of carbonyl (C=O) groups is 2. The molecule has 1 rings (SSSR count). The Morgan fingerprint density at radius 1 is 1.33 bits per heavy atom. The minimum atomic E-state index is -4.79. The van der Waals surface area contributed by atoms with Crippen LogP contribution in [0, 0.1) is 0 Å². The quantitative estimate of drug-likeness (QED) is 0.856. The molecule has 3 amide bonds. The number of carbonyl (C=O) groups excluding carboxylic acids is 2. The smallest absolute Gasteiger partial charge is 0.405 e. The van der Waals surface area contributed by atoms with Gasteiger partial charge in [0.2, 0.25) is 5.91 Å². The third kappa shape index (κ3) is 6.61. The topological polar surface area (TPSA) is 84.7 Å². The Balaban J connectivity index is 2.70. The molecule has 0 aromatic heterocycles. The summed E-state index contributed by atoms with van der Waals surface area (Å²) in [6, 6.07) is 4.60. The first-order valence-electron chi connectivity index (χ1n) is 5.79. The lowest BCUT2D eigenvalue weighted by molar-refractivity contribution is -0.275. The Hall–Kier alpha value is -2.29. The number of benzene rings is 1. The maximum absolute atomic E-state index is 12.3. The number of primary amides is 1. The molecule has 21 heavy (non-hydrogen) atoms. The number of imide groups is 1. The van der Waals surface area contributed by atoms with Crippen LogP contribution >= 0.6 is 0 Å². The van der Waals surface area contributed by atoms with Crippen molar-refractivity contribution in [2.24, 2.45) is 5.73 Å². The average molecular weight is 305 g/mol. The van der Waals surface area contributed by atoms with Gasteiger partial charge in [-0.3, -0.25) is 15.0 Å². The lowest BCUT2D eigenvalue weighted by Gasteiger charge is -2.18. The van der Waals surface area contributed by atoms with E-state index in [4.69, 9.17) is 5.73 Å². The van der Waals surface area contributed by atoms with Gasteiger partial charge in [0.1, 0.15) is 5.75 Å². The second-order valence-electron chi connectivity index (χ2n) is 4.24. The summed E-state index contributed by atoms with van der Waals surface area (Å²) < 4.78 is 40.7. The number of nitrogens with two attached hydrogens (primary N) is 1.